The highest BCUT2D eigenvalue weighted by Crippen LogP contribution is 2.38. The lowest BCUT2D eigenvalue weighted by Gasteiger charge is -2.29. The van der Waals surface area contributed by atoms with E-state index in [1.165, 1.54) is 21.6 Å². The van der Waals surface area contributed by atoms with Crippen LogP contribution in [0, 0.1) is 0 Å². The van der Waals surface area contributed by atoms with Gasteiger partial charge in [-0.3, -0.25) is 0 Å². The van der Waals surface area contributed by atoms with Crippen LogP contribution in [0.5, 0.6) is 11.5 Å². The monoisotopic (exact) mass is 343 g/mol. The summed E-state index contributed by atoms with van der Waals surface area (Å²) in [6.07, 6.45) is 3.12. The number of nitrogens with one attached hydrogen (secondary N) is 1. The Morgan fingerprint density at radius 1 is 1.04 bits per heavy atom. The number of fused-ring (bicyclic) bond motifs is 1. The first-order chi connectivity index (χ1) is 11.8. The average molecular weight is 343 g/mol. The number of thioether (sulfide) groups is 1. The van der Waals surface area contributed by atoms with Crippen molar-refractivity contribution in [3.63, 3.8) is 0 Å². The quantitative estimate of drug-likeness (QED) is 0.786. The Labute approximate surface area is 148 Å². The Hall–Kier alpha value is -1.65. The summed E-state index contributed by atoms with van der Waals surface area (Å²) < 4.78 is 11.6. The van der Waals surface area contributed by atoms with Crippen LogP contribution in [0.3, 0.4) is 0 Å². The van der Waals surface area contributed by atoms with Gasteiger partial charge in [0, 0.05) is 11.4 Å². The van der Waals surface area contributed by atoms with E-state index in [2.05, 4.69) is 48.0 Å². The van der Waals surface area contributed by atoms with Crippen LogP contribution in [0.2, 0.25) is 0 Å². The standard InChI is InChI=1S/C20H25NO2S/c1-4-22-18-12-15-10-11-21-20(17(15)13-19(18)23-5-2)14-6-8-16(24-3)9-7-14/h6-9,12-13,20-21H,4-5,10-11H2,1-3H3. The molecule has 3 nitrogen and oxygen atoms in total. The van der Waals surface area contributed by atoms with Gasteiger partial charge < -0.3 is 14.8 Å². The number of benzene rings is 2. The maximum atomic E-state index is 5.82. The summed E-state index contributed by atoms with van der Waals surface area (Å²) in [4.78, 5) is 1.29. The molecule has 1 aliphatic heterocycles. The molecule has 0 bridgehead atoms. The van der Waals surface area contributed by atoms with E-state index in [0.717, 1.165) is 24.5 Å². The molecule has 2 aromatic carbocycles. The summed E-state index contributed by atoms with van der Waals surface area (Å²) in [7, 11) is 0. The molecule has 1 N–H and O–H groups in total. The lowest BCUT2D eigenvalue weighted by molar-refractivity contribution is 0.286. The van der Waals surface area contributed by atoms with Gasteiger partial charge in [-0.15, -0.1) is 11.8 Å². The van der Waals surface area contributed by atoms with E-state index in [0.29, 0.717) is 13.2 Å². The van der Waals surface area contributed by atoms with Crippen LogP contribution >= 0.6 is 11.8 Å². The molecule has 0 aromatic heterocycles. The molecule has 0 fully saturated rings. The van der Waals surface area contributed by atoms with Gasteiger partial charge in [0.2, 0.25) is 0 Å². The minimum absolute atomic E-state index is 0.208. The van der Waals surface area contributed by atoms with Crippen LogP contribution in [0.4, 0.5) is 0 Å². The van der Waals surface area contributed by atoms with E-state index in [4.69, 9.17) is 9.47 Å². The van der Waals surface area contributed by atoms with Gasteiger partial charge in [0.1, 0.15) is 0 Å². The van der Waals surface area contributed by atoms with Crippen LogP contribution in [-0.2, 0) is 6.42 Å². The van der Waals surface area contributed by atoms with Crippen molar-refractivity contribution in [3.8, 4) is 11.5 Å². The summed E-state index contributed by atoms with van der Waals surface area (Å²) in [5.41, 5.74) is 3.94. The third-order valence-electron chi connectivity index (χ3n) is 4.31. The van der Waals surface area contributed by atoms with Gasteiger partial charge in [0.25, 0.3) is 0 Å². The van der Waals surface area contributed by atoms with Crippen molar-refractivity contribution in [2.75, 3.05) is 26.0 Å². The highest BCUT2D eigenvalue weighted by atomic mass is 32.2. The highest BCUT2D eigenvalue weighted by molar-refractivity contribution is 7.98. The first-order valence-electron chi connectivity index (χ1n) is 8.56. The topological polar surface area (TPSA) is 30.5 Å². The van der Waals surface area contributed by atoms with E-state index in [1.54, 1.807) is 11.8 Å². The van der Waals surface area contributed by atoms with E-state index in [9.17, 15) is 0 Å². The fraction of sp³-hybridized carbons (Fsp3) is 0.400. The second-order valence-corrected chi connectivity index (χ2v) is 6.65. The Morgan fingerprint density at radius 2 is 1.71 bits per heavy atom. The summed E-state index contributed by atoms with van der Waals surface area (Å²) in [6, 6.07) is 13.3. The molecule has 0 aliphatic carbocycles. The van der Waals surface area contributed by atoms with E-state index in [-0.39, 0.29) is 6.04 Å². The number of hydrogen-bond donors (Lipinski definition) is 1. The molecule has 0 amide bonds. The fourth-order valence-electron chi connectivity index (χ4n) is 3.19. The van der Waals surface area contributed by atoms with Gasteiger partial charge in [0.15, 0.2) is 11.5 Å². The average Bonchev–Trinajstić information content (AvgIpc) is 2.62. The zero-order valence-corrected chi connectivity index (χ0v) is 15.4. The van der Waals surface area contributed by atoms with Crippen LogP contribution in [-0.4, -0.2) is 26.0 Å². The first-order valence-corrected chi connectivity index (χ1v) is 9.79. The third-order valence-corrected chi connectivity index (χ3v) is 5.05. The molecule has 0 saturated heterocycles. The molecular weight excluding hydrogens is 318 g/mol. The number of hydrogen-bond acceptors (Lipinski definition) is 4. The zero-order valence-electron chi connectivity index (χ0n) is 14.6. The summed E-state index contributed by atoms with van der Waals surface area (Å²) >= 11 is 1.77. The highest BCUT2D eigenvalue weighted by Gasteiger charge is 2.24. The van der Waals surface area contributed by atoms with Crippen LogP contribution < -0.4 is 14.8 Å². The smallest absolute Gasteiger partial charge is 0.161 e. The molecule has 24 heavy (non-hydrogen) atoms. The summed E-state index contributed by atoms with van der Waals surface area (Å²) in [6.45, 7) is 6.27. The van der Waals surface area contributed by atoms with Gasteiger partial charge in [-0.25, -0.2) is 0 Å². The summed E-state index contributed by atoms with van der Waals surface area (Å²) in [5, 5.41) is 3.65. The predicted octanol–water partition coefficient (Wildman–Crippen LogP) is 4.44. The van der Waals surface area contributed by atoms with Crippen molar-refractivity contribution in [3.05, 3.63) is 53.1 Å². The Bertz CT molecular complexity index is 685. The Balaban J connectivity index is 2.00. The molecule has 0 spiro atoms. The molecule has 128 valence electrons. The molecule has 0 saturated carbocycles. The molecule has 0 radical (unpaired) electrons. The van der Waals surface area contributed by atoms with Gasteiger partial charge in [-0.1, -0.05) is 12.1 Å². The van der Waals surface area contributed by atoms with E-state index in [1.807, 2.05) is 13.8 Å². The molecule has 1 unspecified atom stereocenters. The molecule has 1 atom stereocenters. The van der Waals surface area contributed by atoms with Crippen molar-refractivity contribution in [2.45, 2.75) is 31.2 Å². The molecule has 1 heterocycles. The number of ether oxygens (including phenoxy) is 2. The van der Waals surface area contributed by atoms with Crippen LogP contribution in [0.15, 0.2) is 41.3 Å². The molecule has 1 aliphatic rings. The number of rotatable bonds is 6. The van der Waals surface area contributed by atoms with Gasteiger partial charge in [-0.05, 0) is 67.5 Å². The van der Waals surface area contributed by atoms with Crippen LogP contribution in [0.25, 0.3) is 0 Å². The van der Waals surface area contributed by atoms with Crippen LogP contribution in [0.1, 0.15) is 36.6 Å². The third kappa shape index (κ3) is 3.55. The normalized spacial score (nSPS) is 16.5. The van der Waals surface area contributed by atoms with E-state index >= 15 is 0 Å². The molecule has 3 rings (SSSR count). The van der Waals surface area contributed by atoms with Gasteiger partial charge >= 0.3 is 0 Å². The Morgan fingerprint density at radius 3 is 2.33 bits per heavy atom. The van der Waals surface area contributed by atoms with Crippen molar-refractivity contribution < 1.29 is 9.47 Å². The van der Waals surface area contributed by atoms with E-state index < -0.39 is 0 Å². The largest absolute Gasteiger partial charge is 0.490 e. The molecule has 2 aromatic rings. The SMILES string of the molecule is CCOc1cc2c(cc1OCC)C(c1ccc(SC)cc1)NCC2. The maximum Gasteiger partial charge on any atom is 0.161 e. The zero-order chi connectivity index (χ0) is 16.9. The van der Waals surface area contributed by atoms with Crippen molar-refractivity contribution in [1.29, 1.82) is 0 Å². The maximum absolute atomic E-state index is 5.82. The van der Waals surface area contributed by atoms with Gasteiger partial charge in [-0.2, -0.15) is 0 Å². The minimum Gasteiger partial charge on any atom is -0.490 e. The second kappa shape index (κ2) is 7.95. The Kier molecular flexibility index (Phi) is 5.69. The minimum atomic E-state index is 0.208. The van der Waals surface area contributed by atoms with Crippen molar-refractivity contribution in [1.82, 2.24) is 5.32 Å². The lowest BCUT2D eigenvalue weighted by Crippen LogP contribution is -2.30. The fourth-order valence-corrected chi connectivity index (χ4v) is 3.60. The second-order valence-electron chi connectivity index (χ2n) is 5.77. The van der Waals surface area contributed by atoms with Gasteiger partial charge in [0.05, 0.1) is 19.3 Å². The van der Waals surface area contributed by atoms with Crippen molar-refractivity contribution >= 4 is 11.8 Å². The summed E-state index contributed by atoms with van der Waals surface area (Å²) in [5.74, 6) is 1.70. The first kappa shape index (κ1) is 17.2. The lowest BCUT2D eigenvalue weighted by atomic mass is 9.89. The molecular formula is C20H25NO2S. The predicted molar refractivity (Wildman–Crippen MR) is 101 cm³/mol. The molecule has 4 heteroatoms. The van der Waals surface area contributed by atoms with Crippen molar-refractivity contribution in [2.24, 2.45) is 0 Å².